The predicted octanol–water partition coefficient (Wildman–Crippen LogP) is 4.95. The van der Waals surface area contributed by atoms with Crippen LogP contribution in [0.1, 0.15) is 25.7 Å². The minimum absolute atomic E-state index is 0.261. The van der Waals surface area contributed by atoms with Crippen LogP contribution in [0.3, 0.4) is 0 Å². The molecule has 1 nitrogen and oxygen atoms in total. The van der Waals surface area contributed by atoms with Gasteiger partial charge in [0.15, 0.2) is 5.52 Å². The molecule has 3 heteroatoms. The molecule has 1 aromatic heterocycles. The standard InChI is InChI=1S/C20H19OPS/c1-14-15(2)23-16(3)19(14)20(21)22(17-10-6-4-7-11-17)18-12-8-5-9-13-18/h4-13H,1-3H3. The van der Waals surface area contributed by atoms with Crippen LogP contribution in [0.4, 0.5) is 0 Å². The molecule has 0 unspecified atom stereocenters. The number of benzene rings is 2. The quantitative estimate of drug-likeness (QED) is 0.615. The van der Waals surface area contributed by atoms with E-state index in [2.05, 4.69) is 45.0 Å². The van der Waals surface area contributed by atoms with Gasteiger partial charge < -0.3 is 0 Å². The van der Waals surface area contributed by atoms with E-state index in [0.717, 1.165) is 26.6 Å². The SMILES string of the molecule is Cc1sc(C)c(C(=O)P(c2ccccc2)c2ccccc2)c1C. The molecule has 0 saturated heterocycles. The topological polar surface area (TPSA) is 17.1 Å². The fourth-order valence-corrected chi connectivity index (χ4v) is 6.16. The lowest BCUT2D eigenvalue weighted by Gasteiger charge is -2.18. The van der Waals surface area contributed by atoms with Crippen LogP contribution in [0.15, 0.2) is 60.7 Å². The molecule has 0 aliphatic carbocycles. The van der Waals surface area contributed by atoms with Crippen LogP contribution in [-0.4, -0.2) is 5.52 Å². The highest BCUT2D eigenvalue weighted by Gasteiger charge is 2.27. The summed E-state index contributed by atoms with van der Waals surface area (Å²) in [5.41, 5.74) is 2.32. The first-order valence-electron chi connectivity index (χ1n) is 7.60. The van der Waals surface area contributed by atoms with Crippen molar-refractivity contribution in [1.82, 2.24) is 0 Å². The molecule has 3 aromatic rings. The highest BCUT2D eigenvalue weighted by atomic mass is 32.1. The van der Waals surface area contributed by atoms with E-state index in [-0.39, 0.29) is 5.52 Å². The van der Waals surface area contributed by atoms with Crippen molar-refractivity contribution in [2.45, 2.75) is 20.8 Å². The highest BCUT2D eigenvalue weighted by Crippen LogP contribution is 2.41. The number of thiophene rings is 1. The normalized spacial score (nSPS) is 11.0. The summed E-state index contributed by atoms with van der Waals surface area (Å²) in [4.78, 5) is 15.8. The minimum Gasteiger partial charge on any atom is -0.288 e. The molecule has 0 amide bonds. The maximum absolute atomic E-state index is 13.4. The molecule has 116 valence electrons. The maximum Gasteiger partial charge on any atom is 0.194 e. The van der Waals surface area contributed by atoms with Crippen molar-refractivity contribution < 1.29 is 4.79 Å². The number of aryl methyl sites for hydroxylation is 2. The largest absolute Gasteiger partial charge is 0.288 e. The molecule has 0 aliphatic heterocycles. The molecule has 2 aromatic carbocycles. The number of rotatable bonds is 4. The van der Waals surface area contributed by atoms with Gasteiger partial charge in [-0.1, -0.05) is 60.7 Å². The lowest BCUT2D eigenvalue weighted by Crippen LogP contribution is -2.18. The van der Waals surface area contributed by atoms with Gasteiger partial charge in [-0.3, -0.25) is 4.79 Å². The van der Waals surface area contributed by atoms with E-state index in [4.69, 9.17) is 0 Å². The predicted molar refractivity (Wildman–Crippen MR) is 102 cm³/mol. The third-order valence-electron chi connectivity index (χ3n) is 4.01. The molecule has 0 aliphatic rings. The van der Waals surface area contributed by atoms with Crippen LogP contribution in [-0.2, 0) is 0 Å². The van der Waals surface area contributed by atoms with Crippen LogP contribution < -0.4 is 10.6 Å². The monoisotopic (exact) mass is 338 g/mol. The number of hydrogen-bond acceptors (Lipinski definition) is 2. The summed E-state index contributed by atoms with van der Waals surface area (Å²) in [5, 5.41) is 2.22. The van der Waals surface area contributed by atoms with Gasteiger partial charge in [-0.25, -0.2) is 0 Å². The van der Waals surface area contributed by atoms with Gasteiger partial charge in [0.2, 0.25) is 0 Å². The van der Waals surface area contributed by atoms with Gasteiger partial charge in [-0.05, 0) is 36.9 Å². The Labute approximate surface area is 142 Å². The van der Waals surface area contributed by atoms with Crippen molar-refractivity contribution in [3.8, 4) is 0 Å². The second kappa shape index (κ2) is 6.78. The maximum atomic E-state index is 13.4. The van der Waals surface area contributed by atoms with Crippen LogP contribution >= 0.6 is 19.3 Å². The lowest BCUT2D eigenvalue weighted by molar-refractivity contribution is 0.108. The molecule has 0 fully saturated rings. The number of carbonyl (C=O) groups excluding carboxylic acids is 1. The molecular weight excluding hydrogens is 319 g/mol. The average Bonchev–Trinajstić information content (AvgIpc) is 2.82. The van der Waals surface area contributed by atoms with E-state index in [1.54, 1.807) is 11.3 Å². The second-order valence-corrected chi connectivity index (χ2v) is 9.06. The number of carbonyl (C=O) groups is 1. The van der Waals surface area contributed by atoms with Crippen molar-refractivity contribution in [1.29, 1.82) is 0 Å². The Morgan fingerprint density at radius 2 is 1.26 bits per heavy atom. The highest BCUT2D eigenvalue weighted by molar-refractivity contribution is 7.88. The fraction of sp³-hybridized carbons (Fsp3) is 0.150. The summed E-state index contributed by atoms with van der Waals surface area (Å²) in [6, 6.07) is 20.3. The van der Waals surface area contributed by atoms with Crippen LogP contribution in [0.2, 0.25) is 0 Å². The van der Waals surface area contributed by atoms with Gasteiger partial charge in [0.05, 0.1) is 0 Å². The zero-order valence-electron chi connectivity index (χ0n) is 13.5. The summed E-state index contributed by atoms with van der Waals surface area (Å²) in [7, 11) is -1.04. The van der Waals surface area contributed by atoms with Crippen molar-refractivity contribution in [3.05, 3.63) is 81.5 Å². The molecular formula is C20H19OPS. The van der Waals surface area contributed by atoms with Gasteiger partial charge in [-0.2, -0.15) is 0 Å². The summed E-state index contributed by atoms with van der Waals surface area (Å²) in [5.74, 6) is 0. The number of hydrogen-bond donors (Lipinski definition) is 0. The summed E-state index contributed by atoms with van der Waals surface area (Å²) in [6.07, 6.45) is 0. The Kier molecular flexibility index (Phi) is 4.75. The van der Waals surface area contributed by atoms with E-state index in [9.17, 15) is 4.79 Å². The van der Waals surface area contributed by atoms with Crippen LogP contribution in [0, 0.1) is 20.8 Å². The van der Waals surface area contributed by atoms with E-state index < -0.39 is 7.92 Å². The van der Waals surface area contributed by atoms with E-state index in [0.29, 0.717) is 0 Å². The van der Waals surface area contributed by atoms with Gasteiger partial charge in [0, 0.05) is 23.2 Å². The third kappa shape index (κ3) is 3.15. The first kappa shape index (κ1) is 16.1. The van der Waals surface area contributed by atoms with Crippen molar-refractivity contribution in [2.75, 3.05) is 0 Å². The lowest BCUT2D eigenvalue weighted by atomic mass is 10.1. The average molecular weight is 338 g/mol. The molecule has 1 heterocycles. The molecule has 0 radical (unpaired) electrons. The molecule has 3 rings (SSSR count). The zero-order chi connectivity index (χ0) is 16.4. The minimum atomic E-state index is -1.04. The molecule has 0 spiro atoms. The Morgan fingerprint density at radius 3 is 1.65 bits per heavy atom. The Morgan fingerprint density at radius 1 is 0.783 bits per heavy atom. The van der Waals surface area contributed by atoms with Gasteiger partial charge in [0.1, 0.15) is 0 Å². The zero-order valence-corrected chi connectivity index (χ0v) is 15.2. The van der Waals surface area contributed by atoms with Gasteiger partial charge >= 0.3 is 0 Å². The van der Waals surface area contributed by atoms with Crippen molar-refractivity contribution in [2.24, 2.45) is 0 Å². The van der Waals surface area contributed by atoms with Crippen molar-refractivity contribution in [3.63, 3.8) is 0 Å². The molecule has 0 saturated carbocycles. The van der Waals surface area contributed by atoms with Gasteiger partial charge in [-0.15, -0.1) is 11.3 Å². The Hall–Kier alpha value is -1.76. The summed E-state index contributed by atoms with van der Waals surface area (Å²) >= 11 is 1.72. The van der Waals surface area contributed by atoms with E-state index >= 15 is 0 Å². The smallest absolute Gasteiger partial charge is 0.194 e. The molecule has 0 bridgehead atoms. The summed E-state index contributed by atoms with van der Waals surface area (Å²) in [6.45, 7) is 6.22. The molecule has 0 atom stereocenters. The molecule has 0 N–H and O–H groups in total. The molecule has 23 heavy (non-hydrogen) atoms. The van der Waals surface area contributed by atoms with E-state index in [1.807, 2.05) is 36.4 Å². The van der Waals surface area contributed by atoms with Crippen LogP contribution in [0.25, 0.3) is 0 Å². The Bertz CT molecular complexity index is 782. The Balaban J connectivity index is 2.14. The third-order valence-corrected chi connectivity index (χ3v) is 7.39. The van der Waals surface area contributed by atoms with Crippen molar-refractivity contribution >= 4 is 35.4 Å². The van der Waals surface area contributed by atoms with Crippen LogP contribution in [0.5, 0.6) is 0 Å². The first-order valence-corrected chi connectivity index (χ1v) is 9.76. The second-order valence-electron chi connectivity index (χ2n) is 5.53. The summed E-state index contributed by atoms with van der Waals surface area (Å²) < 4.78 is 0. The first-order chi connectivity index (χ1) is 11.1. The van der Waals surface area contributed by atoms with Gasteiger partial charge in [0.25, 0.3) is 0 Å². The fourth-order valence-electron chi connectivity index (χ4n) is 2.76. The van der Waals surface area contributed by atoms with E-state index in [1.165, 1.54) is 4.88 Å².